The number of nitrogens with two attached hydrogens (primary N) is 1. The van der Waals surface area contributed by atoms with Gasteiger partial charge in [0.05, 0.1) is 24.7 Å². The predicted octanol–water partition coefficient (Wildman–Crippen LogP) is 1.57. The first-order valence-electron chi connectivity index (χ1n) is 7.52. The van der Waals surface area contributed by atoms with Crippen molar-refractivity contribution in [1.29, 1.82) is 0 Å². The van der Waals surface area contributed by atoms with Crippen molar-refractivity contribution in [2.45, 2.75) is 25.8 Å². The molecule has 1 heterocycles. The van der Waals surface area contributed by atoms with E-state index in [1.54, 1.807) is 11.8 Å². The SMILES string of the molecule is CCOc1cc([N+](=O)[O-])c(C(=O)N2CCC(N)CC2)cc1OC. The van der Waals surface area contributed by atoms with Gasteiger partial charge in [0.15, 0.2) is 11.5 Å². The van der Waals surface area contributed by atoms with Gasteiger partial charge in [-0.15, -0.1) is 0 Å². The molecule has 1 amide bonds. The zero-order valence-electron chi connectivity index (χ0n) is 13.3. The Labute approximate surface area is 134 Å². The highest BCUT2D eigenvalue weighted by Gasteiger charge is 2.29. The van der Waals surface area contributed by atoms with Gasteiger partial charge in [-0.05, 0) is 19.8 Å². The van der Waals surface area contributed by atoms with Gasteiger partial charge in [0, 0.05) is 25.2 Å². The van der Waals surface area contributed by atoms with Crippen LogP contribution in [0, 0.1) is 10.1 Å². The monoisotopic (exact) mass is 323 g/mol. The third-order valence-corrected chi connectivity index (χ3v) is 3.84. The third kappa shape index (κ3) is 3.70. The molecule has 8 nitrogen and oxygen atoms in total. The molecule has 1 aliphatic heterocycles. The fourth-order valence-corrected chi connectivity index (χ4v) is 2.57. The number of rotatable bonds is 5. The van der Waals surface area contributed by atoms with Crippen molar-refractivity contribution in [1.82, 2.24) is 4.90 Å². The molecule has 1 aromatic carbocycles. The van der Waals surface area contributed by atoms with Crippen molar-refractivity contribution in [3.8, 4) is 11.5 Å². The first-order chi connectivity index (χ1) is 11.0. The van der Waals surface area contributed by atoms with E-state index in [2.05, 4.69) is 0 Å². The topological polar surface area (TPSA) is 108 Å². The highest BCUT2D eigenvalue weighted by molar-refractivity contribution is 5.99. The summed E-state index contributed by atoms with van der Waals surface area (Å²) in [5.74, 6) is 0.165. The molecule has 2 rings (SSSR count). The molecule has 0 saturated carbocycles. The number of benzene rings is 1. The maximum atomic E-state index is 12.7. The maximum absolute atomic E-state index is 12.7. The number of carbonyl (C=O) groups excluding carboxylic acids is 1. The van der Waals surface area contributed by atoms with Gasteiger partial charge in [0.1, 0.15) is 5.56 Å². The predicted molar refractivity (Wildman–Crippen MR) is 83.9 cm³/mol. The minimum Gasteiger partial charge on any atom is -0.493 e. The van der Waals surface area contributed by atoms with Gasteiger partial charge < -0.3 is 20.1 Å². The molecule has 8 heteroatoms. The zero-order valence-corrected chi connectivity index (χ0v) is 13.3. The molecule has 0 aliphatic carbocycles. The van der Waals surface area contributed by atoms with Gasteiger partial charge in [-0.3, -0.25) is 14.9 Å². The van der Waals surface area contributed by atoms with Gasteiger partial charge in [-0.2, -0.15) is 0 Å². The lowest BCUT2D eigenvalue weighted by Gasteiger charge is -2.30. The van der Waals surface area contributed by atoms with Crippen molar-refractivity contribution >= 4 is 11.6 Å². The van der Waals surface area contributed by atoms with Gasteiger partial charge in [0.2, 0.25) is 0 Å². The van der Waals surface area contributed by atoms with E-state index >= 15 is 0 Å². The smallest absolute Gasteiger partial charge is 0.286 e. The van der Waals surface area contributed by atoms with E-state index in [1.807, 2.05) is 0 Å². The standard InChI is InChI=1S/C15H21N3O5/c1-3-23-14-9-12(18(20)21)11(8-13(14)22-2)15(19)17-6-4-10(16)5-7-17/h8-10H,3-7,16H2,1-2H3. The van der Waals surface area contributed by atoms with Crippen LogP contribution in [0.3, 0.4) is 0 Å². The second-order valence-electron chi connectivity index (χ2n) is 5.34. The lowest BCUT2D eigenvalue weighted by atomic mass is 10.0. The highest BCUT2D eigenvalue weighted by Crippen LogP contribution is 2.35. The molecular formula is C15H21N3O5. The quantitative estimate of drug-likeness (QED) is 0.651. The van der Waals surface area contributed by atoms with E-state index in [0.29, 0.717) is 38.3 Å². The minimum atomic E-state index is -0.578. The third-order valence-electron chi connectivity index (χ3n) is 3.84. The van der Waals surface area contributed by atoms with Crippen molar-refractivity contribution in [3.63, 3.8) is 0 Å². The number of amides is 1. The minimum absolute atomic E-state index is 0.00535. The summed E-state index contributed by atoms with van der Waals surface area (Å²) in [6, 6.07) is 2.69. The number of hydrogen-bond donors (Lipinski definition) is 1. The fourth-order valence-electron chi connectivity index (χ4n) is 2.57. The van der Waals surface area contributed by atoms with Crippen LogP contribution in [0.25, 0.3) is 0 Å². The van der Waals surface area contributed by atoms with Crippen LogP contribution in [0.2, 0.25) is 0 Å². The van der Waals surface area contributed by atoms with Crippen LogP contribution >= 0.6 is 0 Å². The molecule has 0 atom stereocenters. The normalized spacial score (nSPS) is 15.3. The Bertz CT molecular complexity index is 597. The molecule has 1 aliphatic rings. The van der Waals surface area contributed by atoms with E-state index in [1.165, 1.54) is 19.2 Å². The summed E-state index contributed by atoms with van der Waals surface area (Å²) in [5, 5.41) is 11.3. The number of methoxy groups -OCH3 is 1. The van der Waals surface area contributed by atoms with Gasteiger partial charge >= 0.3 is 0 Å². The summed E-state index contributed by atoms with van der Waals surface area (Å²) in [4.78, 5) is 25.0. The number of hydrogen-bond acceptors (Lipinski definition) is 6. The molecule has 0 unspecified atom stereocenters. The Hall–Kier alpha value is -2.35. The van der Waals surface area contributed by atoms with E-state index in [0.717, 1.165) is 0 Å². The number of ether oxygens (including phenoxy) is 2. The number of carbonyl (C=O) groups is 1. The summed E-state index contributed by atoms with van der Waals surface area (Å²) >= 11 is 0. The lowest BCUT2D eigenvalue weighted by molar-refractivity contribution is -0.385. The van der Waals surface area contributed by atoms with Gasteiger partial charge in [-0.25, -0.2) is 0 Å². The molecule has 1 fully saturated rings. The Morgan fingerprint density at radius 2 is 2.04 bits per heavy atom. The van der Waals surface area contributed by atoms with Gasteiger partial charge in [0.25, 0.3) is 11.6 Å². The number of likely N-dealkylation sites (tertiary alicyclic amines) is 1. The van der Waals surface area contributed by atoms with Crippen LogP contribution in [-0.4, -0.2) is 48.6 Å². The Morgan fingerprint density at radius 3 is 2.57 bits per heavy atom. The van der Waals surface area contributed by atoms with Gasteiger partial charge in [-0.1, -0.05) is 0 Å². The summed E-state index contributed by atoms with van der Waals surface area (Å²) in [7, 11) is 1.43. The summed E-state index contributed by atoms with van der Waals surface area (Å²) in [5.41, 5.74) is 5.55. The average molecular weight is 323 g/mol. The number of nitrogens with zero attached hydrogens (tertiary/aromatic N) is 2. The summed E-state index contributed by atoms with van der Waals surface area (Å²) < 4.78 is 10.5. The molecular weight excluding hydrogens is 302 g/mol. The molecule has 126 valence electrons. The molecule has 0 radical (unpaired) electrons. The molecule has 0 bridgehead atoms. The summed E-state index contributed by atoms with van der Waals surface area (Å²) in [6.45, 7) is 3.09. The fraction of sp³-hybridized carbons (Fsp3) is 0.533. The number of piperidine rings is 1. The van der Waals surface area contributed by atoms with Crippen LogP contribution in [0.15, 0.2) is 12.1 Å². The molecule has 2 N–H and O–H groups in total. The van der Waals surface area contributed by atoms with E-state index in [9.17, 15) is 14.9 Å². The maximum Gasteiger partial charge on any atom is 0.286 e. The summed E-state index contributed by atoms with van der Waals surface area (Å²) in [6.07, 6.45) is 1.38. The van der Waals surface area contributed by atoms with Crippen LogP contribution in [0.5, 0.6) is 11.5 Å². The number of nitro benzene ring substituents is 1. The first kappa shape index (κ1) is 17.0. The van der Waals surface area contributed by atoms with Crippen molar-refractivity contribution in [2.24, 2.45) is 5.73 Å². The average Bonchev–Trinajstić information content (AvgIpc) is 2.54. The Balaban J connectivity index is 2.39. The van der Waals surface area contributed by atoms with Crippen LogP contribution < -0.4 is 15.2 Å². The van der Waals surface area contributed by atoms with Crippen molar-refractivity contribution < 1.29 is 19.2 Å². The molecule has 0 aromatic heterocycles. The molecule has 1 aromatic rings. The molecule has 1 saturated heterocycles. The molecule has 0 spiro atoms. The van der Waals surface area contributed by atoms with Crippen molar-refractivity contribution in [3.05, 3.63) is 27.8 Å². The molecule has 23 heavy (non-hydrogen) atoms. The van der Waals surface area contributed by atoms with Crippen LogP contribution in [-0.2, 0) is 0 Å². The number of nitro groups is 1. The lowest BCUT2D eigenvalue weighted by Crippen LogP contribution is -2.43. The van der Waals surface area contributed by atoms with E-state index < -0.39 is 4.92 Å². The van der Waals surface area contributed by atoms with Crippen LogP contribution in [0.4, 0.5) is 5.69 Å². The Morgan fingerprint density at radius 1 is 1.39 bits per heavy atom. The van der Waals surface area contributed by atoms with E-state index in [4.69, 9.17) is 15.2 Å². The zero-order chi connectivity index (χ0) is 17.0. The largest absolute Gasteiger partial charge is 0.493 e. The Kier molecular flexibility index (Phi) is 5.38. The van der Waals surface area contributed by atoms with Crippen molar-refractivity contribution in [2.75, 3.05) is 26.8 Å². The second-order valence-corrected chi connectivity index (χ2v) is 5.34. The first-order valence-corrected chi connectivity index (χ1v) is 7.52. The van der Waals surface area contributed by atoms with Crippen LogP contribution in [0.1, 0.15) is 30.1 Å². The second kappa shape index (κ2) is 7.28. The highest BCUT2D eigenvalue weighted by atomic mass is 16.6. The van der Waals surface area contributed by atoms with E-state index in [-0.39, 0.29) is 28.9 Å².